The second kappa shape index (κ2) is 8.63. The van der Waals surface area contributed by atoms with E-state index >= 15 is 0 Å². The van der Waals surface area contributed by atoms with Crippen LogP contribution < -0.4 is 10.1 Å². The van der Waals surface area contributed by atoms with Crippen LogP contribution in [0.3, 0.4) is 0 Å². The van der Waals surface area contributed by atoms with Crippen molar-refractivity contribution in [2.24, 2.45) is 17.3 Å². The molecule has 0 aliphatic heterocycles. The molecule has 2 fully saturated rings. The van der Waals surface area contributed by atoms with Gasteiger partial charge < -0.3 is 15.2 Å². The average molecular weight is 444 g/mol. The smallest absolute Gasteiger partial charge is 0.307 e. The van der Waals surface area contributed by atoms with Gasteiger partial charge in [-0.3, -0.25) is 4.79 Å². The van der Waals surface area contributed by atoms with Crippen molar-refractivity contribution in [3.8, 4) is 5.75 Å². The summed E-state index contributed by atoms with van der Waals surface area (Å²) < 4.78 is 6.29. The number of benzene rings is 2. The van der Waals surface area contributed by atoms with E-state index in [1.807, 2.05) is 19.9 Å². The van der Waals surface area contributed by atoms with Gasteiger partial charge in [0.05, 0.1) is 17.0 Å². The van der Waals surface area contributed by atoms with Gasteiger partial charge in [-0.2, -0.15) is 0 Å². The maximum Gasteiger partial charge on any atom is 0.307 e. The van der Waals surface area contributed by atoms with Crippen molar-refractivity contribution in [1.29, 1.82) is 0 Å². The second-order valence-corrected chi connectivity index (χ2v) is 10.6. The van der Waals surface area contributed by atoms with Gasteiger partial charge in [0.25, 0.3) is 0 Å². The molecule has 0 aromatic heterocycles. The zero-order valence-corrected chi connectivity index (χ0v) is 19.7. The van der Waals surface area contributed by atoms with Gasteiger partial charge in [0, 0.05) is 17.5 Å². The molecule has 168 valence electrons. The number of nitrogens with one attached hydrogen (secondary N) is 1. The number of hydrogen-bond donors (Lipinski definition) is 2. The fraction of sp³-hybridized carbons (Fsp3) is 0.577. The summed E-state index contributed by atoms with van der Waals surface area (Å²) in [6.07, 6.45) is 5.51. The third-order valence-electron chi connectivity index (χ3n) is 7.72. The molecule has 2 aromatic carbocycles. The molecule has 0 amide bonds. The molecule has 2 N–H and O–H groups in total. The van der Waals surface area contributed by atoms with Gasteiger partial charge >= 0.3 is 5.97 Å². The Bertz CT molecular complexity index is 965. The number of rotatable bonds is 6. The molecule has 2 aromatic rings. The lowest BCUT2D eigenvalue weighted by Crippen LogP contribution is -2.59. The van der Waals surface area contributed by atoms with Crippen LogP contribution in [0.25, 0.3) is 10.8 Å². The number of hydrogen-bond acceptors (Lipinski definition) is 3. The molecule has 0 saturated heterocycles. The first-order valence-corrected chi connectivity index (χ1v) is 11.9. The van der Waals surface area contributed by atoms with Crippen LogP contribution in [0.4, 0.5) is 0 Å². The number of carboxylic acids is 1. The largest absolute Gasteiger partial charge is 0.489 e. The van der Waals surface area contributed by atoms with E-state index in [2.05, 4.69) is 43.4 Å². The van der Waals surface area contributed by atoms with E-state index in [1.165, 1.54) is 12.8 Å². The Morgan fingerprint density at radius 3 is 2.52 bits per heavy atom. The fourth-order valence-electron chi connectivity index (χ4n) is 5.19. The standard InChI is InChI=1S/C26H34ClNO3/c1-15-5-10-19(11-6-15)31-22-12-9-17-7-8-18(13-20(17)24(22)27)16(2)28-23-14-21(25(29)30)26(23,3)4/h7-9,12-13,15-16,19,21,23,28H,5-6,10-11,14H2,1-4H3,(H,29,30)/t15-,16?,19+,21-,23-/m1/s1. The second-order valence-electron chi connectivity index (χ2n) is 10.2. The van der Waals surface area contributed by atoms with E-state index < -0.39 is 5.97 Å². The van der Waals surface area contributed by atoms with Gasteiger partial charge in [-0.05, 0) is 73.4 Å². The van der Waals surface area contributed by atoms with E-state index in [4.69, 9.17) is 16.3 Å². The minimum Gasteiger partial charge on any atom is -0.489 e. The number of halogens is 1. The van der Waals surface area contributed by atoms with Crippen molar-refractivity contribution < 1.29 is 14.6 Å². The molecule has 4 nitrogen and oxygen atoms in total. The first kappa shape index (κ1) is 22.4. The lowest BCUT2D eigenvalue weighted by Gasteiger charge is -2.51. The third-order valence-corrected chi connectivity index (χ3v) is 8.11. The Kier molecular flexibility index (Phi) is 6.24. The van der Waals surface area contributed by atoms with E-state index in [0.717, 1.165) is 40.8 Å². The molecule has 1 unspecified atom stereocenters. The lowest BCUT2D eigenvalue weighted by molar-refractivity contribution is -0.155. The maximum atomic E-state index is 11.4. The zero-order chi connectivity index (χ0) is 22.3. The quantitative estimate of drug-likeness (QED) is 0.528. The van der Waals surface area contributed by atoms with Crippen LogP contribution in [-0.2, 0) is 4.79 Å². The van der Waals surface area contributed by atoms with E-state index in [0.29, 0.717) is 11.4 Å². The predicted octanol–water partition coefficient (Wildman–Crippen LogP) is 6.60. The van der Waals surface area contributed by atoms with Gasteiger partial charge in [0.2, 0.25) is 0 Å². The number of ether oxygens (including phenoxy) is 1. The van der Waals surface area contributed by atoms with Crippen LogP contribution in [0.15, 0.2) is 30.3 Å². The van der Waals surface area contributed by atoms with Gasteiger partial charge in [-0.1, -0.05) is 50.6 Å². The Morgan fingerprint density at radius 1 is 1.19 bits per heavy atom. The average Bonchev–Trinajstić information content (AvgIpc) is 2.73. The Hall–Kier alpha value is -1.78. The van der Waals surface area contributed by atoms with E-state index in [-0.39, 0.29) is 29.5 Å². The van der Waals surface area contributed by atoms with Crippen LogP contribution in [0, 0.1) is 17.3 Å². The summed E-state index contributed by atoms with van der Waals surface area (Å²) in [7, 11) is 0. The molecule has 5 heteroatoms. The lowest BCUT2D eigenvalue weighted by atomic mass is 9.58. The van der Waals surface area contributed by atoms with Crippen molar-refractivity contribution in [1.82, 2.24) is 5.32 Å². The molecule has 0 bridgehead atoms. The number of fused-ring (bicyclic) bond motifs is 1. The topological polar surface area (TPSA) is 58.6 Å². The monoisotopic (exact) mass is 443 g/mol. The highest BCUT2D eigenvalue weighted by Crippen LogP contribution is 2.47. The number of carboxylic acid groups (broad SMARTS) is 1. The summed E-state index contributed by atoms with van der Waals surface area (Å²) in [5, 5.41) is 15.8. The first-order chi connectivity index (χ1) is 14.7. The molecular formula is C26H34ClNO3. The number of carbonyl (C=O) groups is 1. The normalized spacial score (nSPS) is 28.7. The van der Waals surface area contributed by atoms with Crippen LogP contribution in [0.2, 0.25) is 5.02 Å². The molecule has 31 heavy (non-hydrogen) atoms. The Balaban J connectivity index is 1.50. The Labute approximate surface area is 190 Å². The van der Waals surface area contributed by atoms with Crippen LogP contribution in [-0.4, -0.2) is 23.2 Å². The van der Waals surface area contributed by atoms with Crippen molar-refractivity contribution in [3.63, 3.8) is 0 Å². The molecule has 4 rings (SSSR count). The summed E-state index contributed by atoms with van der Waals surface area (Å²) in [6.45, 7) is 8.50. The third kappa shape index (κ3) is 4.42. The van der Waals surface area contributed by atoms with E-state index in [1.54, 1.807) is 0 Å². The summed E-state index contributed by atoms with van der Waals surface area (Å²) in [6, 6.07) is 10.7. The molecular weight excluding hydrogens is 410 g/mol. The maximum absolute atomic E-state index is 11.4. The summed E-state index contributed by atoms with van der Waals surface area (Å²) in [5.74, 6) is 0.574. The molecule has 0 spiro atoms. The minimum atomic E-state index is -0.701. The molecule has 0 radical (unpaired) electrons. The van der Waals surface area contributed by atoms with Gasteiger partial charge in [0.15, 0.2) is 0 Å². The fourth-order valence-corrected chi connectivity index (χ4v) is 5.46. The van der Waals surface area contributed by atoms with Gasteiger partial charge in [-0.25, -0.2) is 0 Å². The highest BCUT2D eigenvalue weighted by Gasteiger charge is 2.52. The van der Waals surface area contributed by atoms with Crippen LogP contribution in [0.5, 0.6) is 5.75 Å². The van der Waals surface area contributed by atoms with Crippen molar-refractivity contribution >= 4 is 28.3 Å². The summed E-state index contributed by atoms with van der Waals surface area (Å²) in [4.78, 5) is 11.4. The Morgan fingerprint density at radius 2 is 1.87 bits per heavy atom. The van der Waals surface area contributed by atoms with Crippen LogP contribution in [0.1, 0.15) is 71.4 Å². The highest BCUT2D eigenvalue weighted by molar-refractivity contribution is 6.37. The highest BCUT2D eigenvalue weighted by atomic mass is 35.5. The van der Waals surface area contributed by atoms with E-state index in [9.17, 15) is 9.90 Å². The first-order valence-electron chi connectivity index (χ1n) is 11.5. The number of aliphatic carboxylic acids is 1. The molecule has 2 aliphatic carbocycles. The minimum absolute atomic E-state index is 0.101. The SMILES string of the molecule is CC(N[C@@H]1C[C@H](C(=O)O)C1(C)C)c1ccc2ccc(O[C@H]3CC[C@@H](C)CC3)c(Cl)c2c1. The summed E-state index contributed by atoms with van der Waals surface area (Å²) in [5.41, 5.74) is 0.889. The predicted molar refractivity (Wildman–Crippen MR) is 126 cm³/mol. The molecule has 3 atom stereocenters. The zero-order valence-electron chi connectivity index (χ0n) is 19.0. The summed E-state index contributed by atoms with van der Waals surface area (Å²) >= 11 is 6.80. The van der Waals surface area contributed by atoms with Crippen molar-refractivity contribution in [2.75, 3.05) is 0 Å². The molecule has 2 saturated carbocycles. The van der Waals surface area contributed by atoms with Crippen molar-refractivity contribution in [2.45, 2.75) is 78.0 Å². The van der Waals surface area contributed by atoms with Crippen LogP contribution >= 0.6 is 11.6 Å². The molecule has 0 heterocycles. The van der Waals surface area contributed by atoms with Gasteiger partial charge in [-0.15, -0.1) is 0 Å². The van der Waals surface area contributed by atoms with Crippen molar-refractivity contribution in [3.05, 3.63) is 40.9 Å². The molecule has 2 aliphatic rings. The van der Waals surface area contributed by atoms with Gasteiger partial charge in [0.1, 0.15) is 5.75 Å².